The van der Waals surface area contributed by atoms with Gasteiger partial charge in [-0.1, -0.05) is 0 Å². The Morgan fingerprint density at radius 2 is 2.03 bits per heavy atom. The highest BCUT2D eigenvalue weighted by Crippen LogP contribution is 2.32. The Bertz CT molecular complexity index is 1160. The van der Waals surface area contributed by atoms with Crippen molar-refractivity contribution in [3.8, 4) is 5.75 Å². The van der Waals surface area contributed by atoms with E-state index in [4.69, 9.17) is 15.9 Å². The molecule has 5 N–H and O–H groups in total. The van der Waals surface area contributed by atoms with Gasteiger partial charge in [0.15, 0.2) is 5.67 Å². The lowest BCUT2D eigenvalue weighted by Gasteiger charge is -2.25. The van der Waals surface area contributed by atoms with Crippen molar-refractivity contribution in [3.05, 3.63) is 52.0 Å². The highest BCUT2D eigenvalue weighted by atomic mass is 32.1. The molecule has 3 amide bonds. The third-order valence-corrected chi connectivity index (χ3v) is 7.15. The zero-order valence-electron chi connectivity index (χ0n) is 20.8. The van der Waals surface area contributed by atoms with Crippen LogP contribution in [0.4, 0.5) is 13.2 Å². The summed E-state index contributed by atoms with van der Waals surface area (Å²) in [7, 11) is 0. The molecule has 0 radical (unpaired) electrons. The second kappa shape index (κ2) is 12.8. The molecule has 3 rings (SSSR count). The predicted molar refractivity (Wildman–Crippen MR) is 136 cm³/mol. The Morgan fingerprint density at radius 3 is 2.66 bits per heavy atom. The number of carbonyl (C=O) groups is 3. The van der Waals surface area contributed by atoms with Crippen LogP contribution >= 0.6 is 11.3 Å². The smallest absolute Gasteiger partial charge is 0.243 e. The number of amides is 3. The molecule has 2 heterocycles. The Hall–Kier alpha value is -3.61. The number of carbonyl (C=O) groups excluding carboxylic acids is 3. The molecular weight excluding hydrogens is 523 g/mol. The molecule has 0 spiro atoms. The van der Waals surface area contributed by atoms with Crippen LogP contribution in [0.5, 0.6) is 5.75 Å². The van der Waals surface area contributed by atoms with Crippen LogP contribution in [0.15, 0.2) is 35.7 Å². The minimum absolute atomic E-state index is 0.0382. The van der Waals surface area contributed by atoms with Crippen LogP contribution in [0.25, 0.3) is 0 Å². The fourth-order valence-electron chi connectivity index (χ4n) is 3.95. The fraction of sp³-hybridized carbons (Fsp3) is 0.440. The van der Waals surface area contributed by atoms with E-state index in [1.54, 1.807) is 18.4 Å². The first-order chi connectivity index (χ1) is 18.0. The summed E-state index contributed by atoms with van der Waals surface area (Å²) in [4.78, 5) is 39.6. The average Bonchev–Trinajstić information content (AvgIpc) is 3.52. The Balaban J connectivity index is 1.50. The third-order valence-electron chi connectivity index (χ3n) is 6.04. The van der Waals surface area contributed by atoms with Crippen LogP contribution in [-0.2, 0) is 14.4 Å². The van der Waals surface area contributed by atoms with Crippen LogP contribution < -0.4 is 21.1 Å². The molecule has 0 saturated carbocycles. The molecule has 1 saturated heterocycles. The standard InChI is InChI=1S/C25H30F3N5O4S/c1-15(20-9-16(12-38-20)23(29)30)32-24(36)19-10-25(28,13-26)14-33(19)22(35)11-31-21(34)3-2-8-37-18-6-4-17(27)5-7-18/h4-7,9,12,15,19H,2-3,8,10-11,13-14H2,1H3,(H3,29,30)(H,31,34)(H,32,36)/t15-,19+,25+/m1/s1. The zero-order valence-corrected chi connectivity index (χ0v) is 21.6. The molecule has 1 fully saturated rings. The van der Waals surface area contributed by atoms with Crippen LogP contribution in [0.3, 0.4) is 0 Å². The van der Waals surface area contributed by atoms with E-state index in [0.29, 0.717) is 22.6 Å². The number of nitrogen functional groups attached to an aromatic ring is 1. The number of ether oxygens (including phenoxy) is 1. The lowest BCUT2D eigenvalue weighted by molar-refractivity contribution is -0.139. The van der Waals surface area contributed by atoms with Crippen molar-refractivity contribution in [2.45, 2.75) is 43.9 Å². The van der Waals surface area contributed by atoms with Gasteiger partial charge in [0.1, 0.15) is 30.1 Å². The van der Waals surface area contributed by atoms with Gasteiger partial charge in [-0.25, -0.2) is 13.2 Å². The Kier molecular flexibility index (Phi) is 9.72. The number of rotatable bonds is 12. The number of thiophene rings is 1. The summed E-state index contributed by atoms with van der Waals surface area (Å²) >= 11 is 1.28. The molecule has 3 atom stereocenters. The van der Waals surface area contributed by atoms with Gasteiger partial charge in [-0.3, -0.25) is 19.8 Å². The van der Waals surface area contributed by atoms with E-state index in [-0.39, 0.29) is 18.9 Å². The zero-order chi connectivity index (χ0) is 27.9. The molecule has 0 unspecified atom stereocenters. The number of alkyl halides is 2. The summed E-state index contributed by atoms with van der Waals surface area (Å²) in [5.41, 5.74) is 3.60. The van der Waals surface area contributed by atoms with E-state index < -0.39 is 67.5 Å². The van der Waals surface area contributed by atoms with E-state index in [1.165, 1.54) is 35.6 Å². The molecule has 1 aliphatic heterocycles. The normalized spacial score (nSPS) is 19.6. The largest absolute Gasteiger partial charge is 0.494 e. The maximum Gasteiger partial charge on any atom is 0.243 e. The van der Waals surface area contributed by atoms with Crippen molar-refractivity contribution in [1.29, 1.82) is 5.41 Å². The van der Waals surface area contributed by atoms with Gasteiger partial charge in [0.05, 0.1) is 25.7 Å². The van der Waals surface area contributed by atoms with Gasteiger partial charge in [-0.2, -0.15) is 0 Å². The second-order valence-electron chi connectivity index (χ2n) is 9.09. The molecular formula is C25H30F3N5O4S. The summed E-state index contributed by atoms with van der Waals surface area (Å²) < 4.78 is 46.6. The summed E-state index contributed by atoms with van der Waals surface area (Å²) in [5, 5.41) is 14.3. The number of hydrogen-bond acceptors (Lipinski definition) is 6. The maximum atomic E-state index is 14.9. The van der Waals surface area contributed by atoms with E-state index in [1.807, 2.05) is 0 Å². The molecule has 206 valence electrons. The fourth-order valence-corrected chi connectivity index (χ4v) is 4.87. The highest BCUT2D eigenvalue weighted by molar-refractivity contribution is 7.10. The summed E-state index contributed by atoms with van der Waals surface area (Å²) in [6.07, 6.45) is -0.143. The first kappa shape index (κ1) is 29.0. The number of nitrogens with two attached hydrogens (primary N) is 1. The average molecular weight is 554 g/mol. The van der Waals surface area contributed by atoms with Crippen molar-refractivity contribution in [2.75, 3.05) is 26.4 Å². The SMILES string of the molecule is C[C@@H](NC(=O)[C@@H]1C[C@](F)(CF)CN1C(=O)CNC(=O)CCCOc1ccc(F)cc1)c1cc(C(=N)N)cs1. The minimum atomic E-state index is -2.37. The number of halogens is 3. The molecule has 9 nitrogen and oxygen atoms in total. The van der Waals surface area contributed by atoms with Gasteiger partial charge in [0.25, 0.3) is 0 Å². The first-order valence-corrected chi connectivity index (χ1v) is 12.8. The van der Waals surface area contributed by atoms with Crippen LogP contribution in [0.2, 0.25) is 0 Å². The van der Waals surface area contributed by atoms with Crippen LogP contribution in [0, 0.1) is 11.2 Å². The van der Waals surface area contributed by atoms with E-state index in [2.05, 4.69) is 10.6 Å². The Labute approximate surface area is 222 Å². The van der Waals surface area contributed by atoms with E-state index in [0.717, 1.165) is 4.90 Å². The van der Waals surface area contributed by atoms with E-state index in [9.17, 15) is 27.6 Å². The number of likely N-dealkylation sites (tertiary alicyclic amines) is 1. The van der Waals surface area contributed by atoms with Gasteiger partial charge in [0.2, 0.25) is 17.7 Å². The van der Waals surface area contributed by atoms with Gasteiger partial charge in [-0.15, -0.1) is 11.3 Å². The summed E-state index contributed by atoms with van der Waals surface area (Å²) in [6, 6.07) is 5.31. The number of benzene rings is 1. The van der Waals surface area contributed by atoms with Crippen LogP contribution in [-0.4, -0.2) is 66.5 Å². The lowest BCUT2D eigenvalue weighted by Crippen LogP contribution is -2.49. The molecule has 1 aromatic heterocycles. The molecule has 2 aromatic rings. The quantitative estimate of drug-likeness (QED) is 0.182. The summed E-state index contributed by atoms with van der Waals surface area (Å²) in [6.45, 7) is -0.565. The topological polar surface area (TPSA) is 138 Å². The third kappa shape index (κ3) is 7.70. The predicted octanol–water partition coefficient (Wildman–Crippen LogP) is 2.60. The maximum absolute atomic E-state index is 14.9. The van der Waals surface area contributed by atoms with Gasteiger partial charge in [-0.05, 0) is 43.7 Å². The first-order valence-electron chi connectivity index (χ1n) is 11.9. The van der Waals surface area contributed by atoms with Gasteiger partial charge in [0, 0.05) is 28.7 Å². The monoisotopic (exact) mass is 553 g/mol. The van der Waals surface area contributed by atoms with E-state index >= 15 is 0 Å². The number of amidine groups is 1. The van der Waals surface area contributed by atoms with Gasteiger partial charge >= 0.3 is 0 Å². The second-order valence-corrected chi connectivity index (χ2v) is 10.0. The molecule has 1 aliphatic rings. The number of nitrogens with zero attached hydrogens (tertiary/aromatic N) is 1. The van der Waals surface area contributed by atoms with Crippen molar-refractivity contribution < 1.29 is 32.3 Å². The van der Waals surface area contributed by atoms with Crippen molar-refractivity contribution in [2.24, 2.45) is 5.73 Å². The Morgan fingerprint density at radius 1 is 1.32 bits per heavy atom. The molecule has 1 aromatic carbocycles. The van der Waals surface area contributed by atoms with Crippen molar-refractivity contribution >= 4 is 34.9 Å². The van der Waals surface area contributed by atoms with Crippen molar-refractivity contribution in [1.82, 2.24) is 15.5 Å². The molecule has 0 aliphatic carbocycles. The summed E-state index contributed by atoms with van der Waals surface area (Å²) in [5.74, 6) is -1.87. The molecule has 38 heavy (non-hydrogen) atoms. The van der Waals surface area contributed by atoms with Crippen molar-refractivity contribution in [3.63, 3.8) is 0 Å². The van der Waals surface area contributed by atoms with Gasteiger partial charge < -0.3 is 26.0 Å². The molecule has 13 heteroatoms. The molecule has 0 bridgehead atoms. The lowest BCUT2D eigenvalue weighted by atomic mass is 10.0. The highest BCUT2D eigenvalue weighted by Gasteiger charge is 2.49. The number of hydrogen-bond donors (Lipinski definition) is 4. The minimum Gasteiger partial charge on any atom is -0.494 e. The number of nitrogens with one attached hydrogen (secondary N) is 3. The van der Waals surface area contributed by atoms with Crippen LogP contribution in [0.1, 0.15) is 42.7 Å².